The molecule has 1 aliphatic rings. The second-order valence-electron chi connectivity index (χ2n) is 7.46. The largest absolute Gasteiger partial charge is 0.490 e. The van der Waals surface area contributed by atoms with Gasteiger partial charge in [-0.3, -0.25) is 14.5 Å². The summed E-state index contributed by atoms with van der Waals surface area (Å²) in [5.41, 5.74) is 3.12. The first-order valence-corrected chi connectivity index (χ1v) is 11.6. The van der Waals surface area contributed by atoms with E-state index in [2.05, 4.69) is 12.1 Å². The van der Waals surface area contributed by atoms with Crippen molar-refractivity contribution in [3.8, 4) is 11.5 Å². The maximum atomic E-state index is 12.7. The number of thioether (sulfide) groups is 1. The Bertz CT molecular complexity index is 1180. The highest BCUT2D eigenvalue weighted by molar-refractivity contribution is 8.18. The molecule has 0 N–H and O–H groups in total. The number of amides is 2. The molecule has 1 fully saturated rings. The van der Waals surface area contributed by atoms with Gasteiger partial charge in [-0.25, -0.2) is 0 Å². The maximum absolute atomic E-state index is 12.7. The number of halogens is 1. The summed E-state index contributed by atoms with van der Waals surface area (Å²) in [5.74, 6) is 0.927. The van der Waals surface area contributed by atoms with Gasteiger partial charge in [0.05, 0.1) is 16.5 Å². The second-order valence-corrected chi connectivity index (χ2v) is 8.86. The molecule has 33 heavy (non-hydrogen) atoms. The Balaban J connectivity index is 1.32. The van der Waals surface area contributed by atoms with Crippen molar-refractivity contribution in [3.63, 3.8) is 0 Å². The van der Waals surface area contributed by atoms with Gasteiger partial charge in [0.2, 0.25) is 0 Å². The van der Waals surface area contributed by atoms with Crippen molar-refractivity contribution >= 4 is 40.6 Å². The molecule has 0 unspecified atom stereocenters. The summed E-state index contributed by atoms with van der Waals surface area (Å²) in [7, 11) is 0. The normalized spacial score (nSPS) is 14.7. The monoisotopic (exact) mass is 479 g/mol. The quantitative estimate of drug-likeness (QED) is 0.353. The number of ether oxygens (including phenoxy) is 2. The van der Waals surface area contributed by atoms with E-state index < -0.39 is 0 Å². The minimum Gasteiger partial charge on any atom is -0.490 e. The van der Waals surface area contributed by atoms with Gasteiger partial charge in [-0.05, 0) is 60.2 Å². The molecule has 1 saturated heterocycles. The number of hydrogen-bond donors (Lipinski definition) is 0. The highest BCUT2D eigenvalue weighted by Gasteiger charge is 2.34. The lowest BCUT2D eigenvalue weighted by Crippen LogP contribution is -2.32. The molecule has 168 valence electrons. The van der Waals surface area contributed by atoms with Gasteiger partial charge in [-0.1, -0.05) is 65.7 Å². The number of carbonyl (C=O) groups excluding carboxylic acids is 2. The second kappa shape index (κ2) is 10.6. The van der Waals surface area contributed by atoms with Gasteiger partial charge in [0.25, 0.3) is 11.1 Å². The molecule has 3 aromatic rings. The van der Waals surface area contributed by atoms with Crippen LogP contribution in [0, 0.1) is 6.92 Å². The zero-order chi connectivity index (χ0) is 23.2. The zero-order valence-corrected chi connectivity index (χ0v) is 19.6. The minimum absolute atomic E-state index is 0.152. The number of aryl methyl sites for hydroxylation is 1. The molecule has 4 rings (SSSR count). The summed E-state index contributed by atoms with van der Waals surface area (Å²) >= 11 is 6.99. The van der Waals surface area contributed by atoms with Gasteiger partial charge < -0.3 is 9.47 Å². The predicted octanol–water partition coefficient (Wildman–Crippen LogP) is 6.34. The minimum atomic E-state index is -0.326. The number of rotatable bonds is 8. The van der Waals surface area contributed by atoms with E-state index in [0.29, 0.717) is 22.3 Å². The highest BCUT2D eigenvalue weighted by Crippen LogP contribution is 2.32. The Hall–Kier alpha value is -3.22. The molecule has 0 aliphatic carbocycles. The van der Waals surface area contributed by atoms with Crippen molar-refractivity contribution in [1.29, 1.82) is 0 Å². The van der Waals surface area contributed by atoms with Crippen LogP contribution >= 0.6 is 23.4 Å². The van der Waals surface area contributed by atoms with Crippen LogP contribution in [0.1, 0.15) is 16.7 Å². The molecule has 0 atom stereocenters. The molecule has 0 bridgehead atoms. The average Bonchev–Trinajstić information content (AvgIpc) is 3.08. The lowest BCUT2D eigenvalue weighted by molar-refractivity contribution is -0.123. The van der Waals surface area contributed by atoms with E-state index in [4.69, 9.17) is 21.1 Å². The van der Waals surface area contributed by atoms with Crippen LogP contribution < -0.4 is 9.47 Å². The first-order chi connectivity index (χ1) is 16.0. The van der Waals surface area contributed by atoms with Gasteiger partial charge in [0, 0.05) is 0 Å². The maximum Gasteiger partial charge on any atom is 0.293 e. The van der Waals surface area contributed by atoms with Crippen molar-refractivity contribution in [2.24, 2.45) is 0 Å². The van der Waals surface area contributed by atoms with Gasteiger partial charge in [-0.2, -0.15) is 0 Å². The Morgan fingerprint density at radius 1 is 0.939 bits per heavy atom. The van der Waals surface area contributed by atoms with Crippen molar-refractivity contribution in [2.75, 3.05) is 13.2 Å². The fourth-order valence-electron chi connectivity index (χ4n) is 3.16. The fraction of sp³-hybridized carbons (Fsp3) is 0.154. The van der Waals surface area contributed by atoms with Crippen LogP contribution in [0.3, 0.4) is 0 Å². The van der Waals surface area contributed by atoms with Gasteiger partial charge in [0.1, 0.15) is 24.7 Å². The van der Waals surface area contributed by atoms with E-state index >= 15 is 0 Å². The topological polar surface area (TPSA) is 55.8 Å². The van der Waals surface area contributed by atoms with E-state index in [-0.39, 0.29) is 24.3 Å². The smallest absolute Gasteiger partial charge is 0.293 e. The molecular formula is C26H22ClNO4S. The van der Waals surface area contributed by atoms with Gasteiger partial charge in [-0.15, -0.1) is 0 Å². The number of carbonyl (C=O) groups is 2. The number of para-hydroxylation sites is 1. The Morgan fingerprint density at radius 3 is 2.39 bits per heavy atom. The van der Waals surface area contributed by atoms with Crippen LogP contribution in [0.4, 0.5) is 4.79 Å². The molecule has 2 amide bonds. The summed E-state index contributed by atoms with van der Waals surface area (Å²) in [6, 6.07) is 22.7. The number of benzene rings is 3. The van der Waals surface area contributed by atoms with Crippen molar-refractivity contribution in [2.45, 2.75) is 13.5 Å². The standard InChI is InChI=1S/C26H22ClNO4S/c1-18-6-8-20(9-7-18)17-32-21-12-10-19(11-13-21)16-24-25(29)28(26(30)33-24)14-15-31-23-5-3-2-4-22(23)27/h2-13,16H,14-15,17H2,1H3/b24-16-. The molecule has 1 aliphatic heterocycles. The zero-order valence-electron chi connectivity index (χ0n) is 18.0. The Morgan fingerprint density at radius 2 is 1.67 bits per heavy atom. The van der Waals surface area contributed by atoms with Gasteiger partial charge >= 0.3 is 0 Å². The third-order valence-corrected chi connectivity index (χ3v) is 6.21. The molecule has 0 spiro atoms. The summed E-state index contributed by atoms with van der Waals surface area (Å²) in [5, 5.41) is 0.171. The van der Waals surface area contributed by atoms with E-state index in [0.717, 1.165) is 28.6 Å². The number of imide groups is 1. The molecule has 0 radical (unpaired) electrons. The third-order valence-electron chi connectivity index (χ3n) is 4.99. The van der Waals surface area contributed by atoms with Crippen LogP contribution in [-0.2, 0) is 11.4 Å². The lowest BCUT2D eigenvalue weighted by atomic mass is 10.1. The van der Waals surface area contributed by atoms with Gasteiger partial charge in [0.15, 0.2) is 0 Å². The van der Waals surface area contributed by atoms with E-state index in [1.54, 1.807) is 24.3 Å². The average molecular weight is 480 g/mol. The molecule has 0 aromatic heterocycles. The van der Waals surface area contributed by atoms with E-state index in [1.807, 2.05) is 49.4 Å². The molecule has 5 nitrogen and oxygen atoms in total. The van der Waals surface area contributed by atoms with Crippen molar-refractivity contribution in [3.05, 3.63) is 99.4 Å². The molecular weight excluding hydrogens is 458 g/mol. The molecule has 0 saturated carbocycles. The summed E-state index contributed by atoms with van der Waals surface area (Å²) in [6.07, 6.45) is 1.71. The molecule has 1 heterocycles. The van der Waals surface area contributed by atoms with Crippen molar-refractivity contribution in [1.82, 2.24) is 4.90 Å². The van der Waals surface area contributed by atoms with Crippen LogP contribution in [0.15, 0.2) is 77.7 Å². The lowest BCUT2D eigenvalue weighted by Gasteiger charge is -2.13. The summed E-state index contributed by atoms with van der Waals surface area (Å²) in [4.78, 5) is 26.6. The van der Waals surface area contributed by atoms with Crippen molar-refractivity contribution < 1.29 is 19.1 Å². The third kappa shape index (κ3) is 5.97. The number of hydrogen-bond acceptors (Lipinski definition) is 5. The van der Waals surface area contributed by atoms with Crippen LogP contribution in [0.25, 0.3) is 6.08 Å². The van der Waals surface area contributed by atoms with E-state index in [1.165, 1.54) is 10.5 Å². The summed E-state index contributed by atoms with van der Waals surface area (Å²) in [6.45, 7) is 2.85. The fourth-order valence-corrected chi connectivity index (χ4v) is 4.22. The molecule has 7 heteroatoms. The summed E-state index contributed by atoms with van der Waals surface area (Å²) < 4.78 is 11.4. The molecule has 3 aromatic carbocycles. The Labute approximate surface area is 202 Å². The first-order valence-electron chi connectivity index (χ1n) is 10.4. The van der Waals surface area contributed by atoms with Crippen LogP contribution in [0.2, 0.25) is 5.02 Å². The first kappa shape index (κ1) is 23.0. The van der Waals surface area contributed by atoms with E-state index in [9.17, 15) is 9.59 Å². The number of nitrogens with zero attached hydrogens (tertiary/aromatic N) is 1. The highest BCUT2D eigenvalue weighted by atomic mass is 35.5. The predicted molar refractivity (Wildman–Crippen MR) is 132 cm³/mol. The van der Waals surface area contributed by atoms with Crippen LogP contribution in [-0.4, -0.2) is 29.2 Å². The SMILES string of the molecule is Cc1ccc(COc2ccc(/C=C3\SC(=O)N(CCOc4ccccc4Cl)C3=O)cc2)cc1. The Kier molecular flexibility index (Phi) is 7.37. The van der Waals surface area contributed by atoms with Crippen LogP contribution in [0.5, 0.6) is 11.5 Å².